The van der Waals surface area contributed by atoms with Crippen molar-refractivity contribution in [2.45, 2.75) is 49.1 Å². The molecule has 2 aromatic carbocycles. The molecule has 8 nitrogen and oxygen atoms in total. The number of nitrogens with two attached hydrogens (primary N) is 1. The fourth-order valence-corrected chi connectivity index (χ4v) is 6.13. The molecule has 5 rings (SSSR count). The Balaban J connectivity index is 1.21. The lowest BCUT2D eigenvalue weighted by molar-refractivity contribution is -0.0922. The van der Waals surface area contributed by atoms with Crippen LogP contribution in [0.5, 0.6) is 0 Å². The minimum atomic E-state index is -3.31. The normalized spacial score (nSPS) is 21.5. The standard InChI is InChI=1S/C25H32N4O4S/c26-25(11-2-12-25)24(31)29-15-13-28(14-16-29)23(30)19-7-5-18(6-8-19)20-3-1-4-21(17-20)27-34(32,33)22-9-10-22/h1,3-8,17,22,24,27,31H,2,9-16,26H2. The van der Waals surface area contributed by atoms with E-state index in [1.54, 1.807) is 6.07 Å². The van der Waals surface area contributed by atoms with Crippen LogP contribution in [0.2, 0.25) is 0 Å². The number of nitrogens with one attached hydrogen (secondary N) is 1. The number of anilines is 1. The molecule has 0 bridgehead atoms. The molecule has 1 unspecified atom stereocenters. The van der Waals surface area contributed by atoms with E-state index in [9.17, 15) is 18.3 Å². The Morgan fingerprint density at radius 1 is 1.03 bits per heavy atom. The number of carbonyl (C=O) groups excluding carboxylic acids is 1. The van der Waals surface area contributed by atoms with Gasteiger partial charge in [0.25, 0.3) is 5.91 Å². The van der Waals surface area contributed by atoms with Gasteiger partial charge in [-0.3, -0.25) is 14.4 Å². The molecular weight excluding hydrogens is 452 g/mol. The number of sulfonamides is 1. The van der Waals surface area contributed by atoms with Gasteiger partial charge in [-0.15, -0.1) is 0 Å². The van der Waals surface area contributed by atoms with Gasteiger partial charge in [0.2, 0.25) is 10.0 Å². The lowest BCUT2D eigenvalue weighted by atomic mass is 9.75. The fraction of sp³-hybridized carbons (Fsp3) is 0.480. The number of aliphatic hydroxyl groups is 1. The van der Waals surface area contributed by atoms with Crippen molar-refractivity contribution in [3.05, 3.63) is 54.1 Å². The van der Waals surface area contributed by atoms with E-state index in [1.165, 1.54) is 0 Å². The molecule has 9 heteroatoms. The Morgan fingerprint density at radius 3 is 2.29 bits per heavy atom. The zero-order chi connectivity index (χ0) is 23.9. The quantitative estimate of drug-likeness (QED) is 0.555. The molecule has 0 spiro atoms. The summed E-state index contributed by atoms with van der Waals surface area (Å²) < 4.78 is 27.1. The number of hydrogen-bond acceptors (Lipinski definition) is 6. The maximum Gasteiger partial charge on any atom is 0.253 e. The summed E-state index contributed by atoms with van der Waals surface area (Å²) in [5, 5.41) is 10.3. The number of carbonyl (C=O) groups is 1. The second-order valence-electron chi connectivity index (χ2n) is 9.79. The summed E-state index contributed by atoms with van der Waals surface area (Å²) in [6, 6.07) is 14.7. The van der Waals surface area contributed by atoms with Crippen LogP contribution in [0.3, 0.4) is 0 Å². The summed E-state index contributed by atoms with van der Waals surface area (Å²) >= 11 is 0. The Hall–Kier alpha value is -2.46. The largest absolute Gasteiger partial charge is 0.376 e. The fourth-order valence-electron chi connectivity index (χ4n) is 4.75. The average molecular weight is 485 g/mol. The van der Waals surface area contributed by atoms with Gasteiger partial charge in [-0.2, -0.15) is 0 Å². The molecule has 2 aromatic rings. The average Bonchev–Trinajstić information content (AvgIpc) is 3.68. The molecule has 1 heterocycles. The van der Waals surface area contributed by atoms with E-state index in [0.717, 1.165) is 30.4 Å². The Kier molecular flexibility index (Phi) is 6.14. The van der Waals surface area contributed by atoms with Crippen molar-refractivity contribution in [1.82, 2.24) is 9.80 Å². The molecule has 182 valence electrons. The van der Waals surface area contributed by atoms with Crippen LogP contribution in [0, 0.1) is 0 Å². The smallest absolute Gasteiger partial charge is 0.253 e. The van der Waals surface area contributed by atoms with E-state index in [1.807, 2.05) is 52.3 Å². The van der Waals surface area contributed by atoms with Crippen LogP contribution < -0.4 is 10.5 Å². The summed E-state index contributed by atoms with van der Waals surface area (Å²) in [4.78, 5) is 16.8. The summed E-state index contributed by atoms with van der Waals surface area (Å²) in [5.74, 6) is -0.0299. The molecule has 34 heavy (non-hydrogen) atoms. The first kappa shape index (κ1) is 23.3. The predicted octanol–water partition coefficient (Wildman–Crippen LogP) is 2.22. The molecule has 0 radical (unpaired) electrons. The first-order chi connectivity index (χ1) is 16.2. The van der Waals surface area contributed by atoms with E-state index in [2.05, 4.69) is 4.72 Å². The number of rotatable bonds is 7. The molecule has 3 aliphatic rings. The lowest BCUT2D eigenvalue weighted by Crippen LogP contribution is -2.65. The minimum absolute atomic E-state index is 0.0299. The summed E-state index contributed by atoms with van der Waals surface area (Å²) in [6.07, 6.45) is 3.52. The summed E-state index contributed by atoms with van der Waals surface area (Å²) in [6.45, 7) is 2.31. The highest BCUT2D eigenvalue weighted by Gasteiger charge is 2.43. The summed E-state index contributed by atoms with van der Waals surface area (Å²) in [5.41, 5.74) is 8.71. The molecule has 1 saturated heterocycles. The van der Waals surface area contributed by atoms with E-state index in [4.69, 9.17) is 5.73 Å². The third-order valence-corrected chi connectivity index (χ3v) is 9.17. The van der Waals surface area contributed by atoms with Gasteiger partial charge in [-0.25, -0.2) is 8.42 Å². The number of nitrogens with zero attached hydrogens (tertiary/aromatic N) is 2. The van der Waals surface area contributed by atoms with Crippen LogP contribution in [0.15, 0.2) is 48.5 Å². The molecule has 1 aliphatic heterocycles. The van der Waals surface area contributed by atoms with Gasteiger partial charge in [0.15, 0.2) is 0 Å². The predicted molar refractivity (Wildman–Crippen MR) is 132 cm³/mol. The Morgan fingerprint density at radius 2 is 1.71 bits per heavy atom. The maximum absolute atomic E-state index is 13.0. The van der Waals surface area contributed by atoms with Crippen molar-refractivity contribution in [3.63, 3.8) is 0 Å². The lowest BCUT2D eigenvalue weighted by Gasteiger charge is -2.48. The molecule has 1 atom stereocenters. The van der Waals surface area contributed by atoms with Crippen molar-refractivity contribution in [1.29, 1.82) is 0 Å². The van der Waals surface area contributed by atoms with Crippen molar-refractivity contribution < 1.29 is 18.3 Å². The van der Waals surface area contributed by atoms with Gasteiger partial charge in [0.05, 0.1) is 10.8 Å². The van der Waals surface area contributed by atoms with Crippen LogP contribution in [0.4, 0.5) is 5.69 Å². The van der Waals surface area contributed by atoms with Crippen LogP contribution >= 0.6 is 0 Å². The molecule has 1 amide bonds. The first-order valence-electron chi connectivity index (χ1n) is 12.0. The second-order valence-corrected chi connectivity index (χ2v) is 11.8. The number of hydrogen-bond donors (Lipinski definition) is 3. The molecule has 2 aliphatic carbocycles. The molecule has 3 fully saturated rings. The van der Waals surface area contributed by atoms with Gasteiger partial charge in [0.1, 0.15) is 6.23 Å². The van der Waals surface area contributed by atoms with Gasteiger partial charge in [-0.1, -0.05) is 24.3 Å². The third kappa shape index (κ3) is 4.70. The number of benzene rings is 2. The highest BCUT2D eigenvalue weighted by molar-refractivity contribution is 7.93. The molecule has 2 saturated carbocycles. The monoisotopic (exact) mass is 484 g/mol. The molecule has 0 aromatic heterocycles. The number of amides is 1. The van der Waals surface area contributed by atoms with Crippen molar-refractivity contribution in [2.24, 2.45) is 5.73 Å². The van der Waals surface area contributed by atoms with E-state index < -0.39 is 21.8 Å². The van der Waals surface area contributed by atoms with Gasteiger partial charge in [-0.05, 0) is 67.5 Å². The molecular formula is C25H32N4O4S. The van der Waals surface area contributed by atoms with Gasteiger partial charge < -0.3 is 15.7 Å². The van der Waals surface area contributed by atoms with Crippen LogP contribution in [-0.4, -0.2) is 72.4 Å². The van der Waals surface area contributed by atoms with Crippen molar-refractivity contribution >= 4 is 21.6 Å². The minimum Gasteiger partial charge on any atom is -0.376 e. The SMILES string of the molecule is NC1(C(O)N2CCN(C(=O)c3ccc(-c4cccc(NS(=O)(=O)C5CC5)c4)cc3)CC2)CCC1. The van der Waals surface area contributed by atoms with E-state index in [-0.39, 0.29) is 11.2 Å². The second kappa shape index (κ2) is 8.96. The van der Waals surface area contributed by atoms with Crippen LogP contribution in [0.25, 0.3) is 11.1 Å². The Bertz CT molecular complexity index is 1150. The third-order valence-electron chi connectivity index (χ3n) is 7.30. The highest BCUT2D eigenvalue weighted by atomic mass is 32.2. The molecule has 4 N–H and O–H groups in total. The van der Waals surface area contributed by atoms with E-state index >= 15 is 0 Å². The van der Waals surface area contributed by atoms with Crippen molar-refractivity contribution in [3.8, 4) is 11.1 Å². The zero-order valence-electron chi connectivity index (χ0n) is 19.2. The zero-order valence-corrected chi connectivity index (χ0v) is 20.0. The highest BCUT2D eigenvalue weighted by Crippen LogP contribution is 2.34. The summed E-state index contributed by atoms with van der Waals surface area (Å²) in [7, 11) is -3.31. The Labute approximate surface area is 200 Å². The first-order valence-corrected chi connectivity index (χ1v) is 13.5. The van der Waals surface area contributed by atoms with Crippen LogP contribution in [0.1, 0.15) is 42.5 Å². The van der Waals surface area contributed by atoms with Gasteiger partial charge >= 0.3 is 0 Å². The van der Waals surface area contributed by atoms with Crippen molar-refractivity contribution in [2.75, 3.05) is 30.9 Å². The number of piperazine rings is 1. The van der Waals surface area contributed by atoms with Gasteiger partial charge in [0, 0.05) is 37.4 Å². The number of aliphatic hydroxyl groups excluding tert-OH is 1. The topological polar surface area (TPSA) is 116 Å². The van der Waals surface area contributed by atoms with E-state index in [0.29, 0.717) is 50.3 Å². The maximum atomic E-state index is 13.0. The van der Waals surface area contributed by atoms with Crippen LogP contribution in [-0.2, 0) is 10.0 Å².